The quantitative estimate of drug-likeness (QED) is 0.784. The van der Waals surface area contributed by atoms with E-state index in [0.29, 0.717) is 12.3 Å². The van der Waals surface area contributed by atoms with Crippen LogP contribution in [-0.4, -0.2) is 12.5 Å². The molecule has 0 radical (unpaired) electrons. The van der Waals surface area contributed by atoms with Crippen LogP contribution in [0.5, 0.6) is 0 Å². The van der Waals surface area contributed by atoms with Crippen molar-refractivity contribution in [3.63, 3.8) is 0 Å². The van der Waals surface area contributed by atoms with Gasteiger partial charge in [-0.3, -0.25) is 4.79 Å². The Morgan fingerprint density at radius 1 is 1.27 bits per heavy atom. The summed E-state index contributed by atoms with van der Waals surface area (Å²) in [7, 11) is 0. The van der Waals surface area contributed by atoms with Gasteiger partial charge in [-0.2, -0.15) is 0 Å². The van der Waals surface area contributed by atoms with Gasteiger partial charge < -0.3 is 5.32 Å². The summed E-state index contributed by atoms with van der Waals surface area (Å²) in [6.07, 6.45) is 4.00. The zero-order chi connectivity index (χ0) is 10.5. The Balaban J connectivity index is 1.96. The van der Waals surface area contributed by atoms with Gasteiger partial charge >= 0.3 is 0 Å². The summed E-state index contributed by atoms with van der Waals surface area (Å²) in [4.78, 5) is 11.4. The average Bonchev–Trinajstić information content (AvgIpc) is 2.44. The fourth-order valence-corrected chi connectivity index (χ4v) is 2.18. The summed E-state index contributed by atoms with van der Waals surface area (Å²) >= 11 is 0. The van der Waals surface area contributed by atoms with Gasteiger partial charge in [0.05, 0.1) is 0 Å². The molecule has 0 bridgehead atoms. The van der Waals surface area contributed by atoms with Crippen LogP contribution in [0.25, 0.3) is 0 Å². The number of rotatable bonds is 2. The number of hydrogen-bond acceptors (Lipinski definition) is 1. The number of nitrogens with one attached hydrogen (secondary N) is 1. The van der Waals surface area contributed by atoms with Crippen molar-refractivity contribution in [1.82, 2.24) is 5.32 Å². The SMILES string of the molecule is O=C1CC(Cc2ccccc2)CCCN1. The molecule has 1 fully saturated rings. The van der Waals surface area contributed by atoms with Crippen LogP contribution in [-0.2, 0) is 11.2 Å². The molecule has 80 valence electrons. The lowest BCUT2D eigenvalue weighted by atomic mass is 9.93. The third-order valence-corrected chi connectivity index (χ3v) is 2.95. The molecule has 1 aliphatic heterocycles. The minimum absolute atomic E-state index is 0.216. The number of carbonyl (C=O) groups excluding carboxylic acids is 1. The molecular weight excluding hydrogens is 186 g/mol. The second-order valence-corrected chi connectivity index (χ2v) is 4.25. The molecule has 0 aromatic heterocycles. The number of benzene rings is 1. The Labute approximate surface area is 90.7 Å². The van der Waals surface area contributed by atoms with E-state index in [-0.39, 0.29) is 5.91 Å². The molecule has 1 heterocycles. The van der Waals surface area contributed by atoms with E-state index in [0.717, 1.165) is 25.8 Å². The largest absolute Gasteiger partial charge is 0.356 e. The van der Waals surface area contributed by atoms with Gasteiger partial charge in [-0.15, -0.1) is 0 Å². The molecule has 1 aromatic rings. The molecule has 2 heteroatoms. The molecule has 2 rings (SSSR count). The van der Waals surface area contributed by atoms with E-state index >= 15 is 0 Å². The van der Waals surface area contributed by atoms with Crippen molar-refractivity contribution < 1.29 is 4.79 Å². The molecule has 1 atom stereocenters. The minimum Gasteiger partial charge on any atom is -0.356 e. The lowest BCUT2D eigenvalue weighted by Gasteiger charge is -2.12. The average molecular weight is 203 g/mol. The molecular formula is C13H17NO. The zero-order valence-electron chi connectivity index (χ0n) is 8.91. The van der Waals surface area contributed by atoms with Gasteiger partial charge in [0.2, 0.25) is 5.91 Å². The molecule has 1 unspecified atom stereocenters. The number of hydrogen-bond donors (Lipinski definition) is 1. The molecule has 1 aromatic carbocycles. The molecule has 0 aliphatic carbocycles. The molecule has 1 aliphatic rings. The third-order valence-electron chi connectivity index (χ3n) is 2.95. The highest BCUT2D eigenvalue weighted by atomic mass is 16.1. The van der Waals surface area contributed by atoms with E-state index in [1.165, 1.54) is 5.56 Å². The lowest BCUT2D eigenvalue weighted by Crippen LogP contribution is -2.22. The van der Waals surface area contributed by atoms with Crippen LogP contribution in [0.4, 0.5) is 0 Å². The van der Waals surface area contributed by atoms with Crippen molar-refractivity contribution >= 4 is 5.91 Å². The topological polar surface area (TPSA) is 29.1 Å². The molecule has 0 saturated carbocycles. The normalized spacial score (nSPS) is 21.9. The summed E-state index contributed by atoms with van der Waals surface area (Å²) in [5.41, 5.74) is 1.34. The van der Waals surface area contributed by atoms with Gasteiger partial charge in [0.25, 0.3) is 0 Å². The van der Waals surface area contributed by atoms with Gasteiger partial charge in [-0.1, -0.05) is 30.3 Å². The molecule has 1 saturated heterocycles. The first-order valence-corrected chi connectivity index (χ1v) is 5.65. The van der Waals surface area contributed by atoms with Gasteiger partial charge in [-0.05, 0) is 30.7 Å². The van der Waals surface area contributed by atoms with Crippen molar-refractivity contribution in [2.24, 2.45) is 5.92 Å². The van der Waals surface area contributed by atoms with Crippen molar-refractivity contribution in [3.8, 4) is 0 Å². The maximum Gasteiger partial charge on any atom is 0.220 e. The van der Waals surface area contributed by atoms with Crippen LogP contribution in [0.1, 0.15) is 24.8 Å². The fraction of sp³-hybridized carbons (Fsp3) is 0.462. The predicted octanol–water partition coefficient (Wildman–Crippen LogP) is 2.15. The maximum atomic E-state index is 11.4. The number of amides is 1. The van der Waals surface area contributed by atoms with Crippen LogP contribution in [0, 0.1) is 5.92 Å². The van der Waals surface area contributed by atoms with Crippen molar-refractivity contribution in [2.45, 2.75) is 25.7 Å². The fourth-order valence-electron chi connectivity index (χ4n) is 2.18. The summed E-state index contributed by atoms with van der Waals surface area (Å²) in [5, 5.41) is 2.92. The highest BCUT2D eigenvalue weighted by Crippen LogP contribution is 2.19. The Morgan fingerprint density at radius 3 is 2.87 bits per heavy atom. The van der Waals surface area contributed by atoms with E-state index in [4.69, 9.17) is 0 Å². The summed E-state index contributed by atoms with van der Waals surface area (Å²) < 4.78 is 0. The third kappa shape index (κ3) is 3.08. The highest BCUT2D eigenvalue weighted by Gasteiger charge is 2.17. The van der Waals surface area contributed by atoms with Crippen LogP contribution in [0.3, 0.4) is 0 Å². The van der Waals surface area contributed by atoms with Gasteiger partial charge in [0.1, 0.15) is 0 Å². The monoisotopic (exact) mass is 203 g/mol. The lowest BCUT2D eigenvalue weighted by molar-refractivity contribution is -0.121. The van der Waals surface area contributed by atoms with E-state index in [9.17, 15) is 4.79 Å². The first-order valence-electron chi connectivity index (χ1n) is 5.65. The summed E-state index contributed by atoms with van der Waals surface area (Å²) in [6.45, 7) is 0.851. The maximum absolute atomic E-state index is 11.4. The second-order valence-electron chi connectivity index (χ2n) is 4.25. The Hall–Kier alpha value is -1.31. The van der Waals surface area contributed by atoms with E-state index < -0.39 is 0 Å². The molecule has 1 amide bonds. The highest BCUT2D eigenvalue weighted by molar-refractivity contribution is 5.76. The van der Waals surface area contributed by atoms with Crippen LogP contribution < -0.4 is 5.32 Å². The van der Waals surface area contributed by atoms with Gasteiger partial charge in [-0.25, -0.2) is 0 Å². The predicted molar refractivity (Wildman–Crippen MR) is 60.5 cm³/mol. The molecule has 2 nitrogen and oxygen atoms in total. The molecule has 0 spiro atoms. The minimum atomic E-state index is 0.216. The zero-order valence-corrected chi connectivity index (χ0v) is 8.91. The van der Waals surface area contributed by atoms with Crippen molar-refractivity contribution in [2.75, 3.05) is 6.54 Å². The van der Waals surface area contributed by atoms with Crippen LogP contribution >= 0.6 is 0 Å². The molecule has 15 heavy (non-hydrogen) atoms. The Bertz CT molecular complexity index is 321. The molecule has 1 N–H and O–H groups in total. The first-order chi connectivity index (χ1) is 7.34. The van der Waals surface area contributed by atoms with Gasteiger partial charge in [0, 0.05) is 13.0 Å². The van der Waals surface area contributed by atoms with Crippen LogP contribution in [0.2, 0.25) is 0 Å². The Morgan fingerprint density at radius 2 is 2.07 bits per heavy atom. The smallest absolute Gasteiger partial charge is 0.220 e. The van der Waals surface area contributed by atoms with Crippen molar-refractivity contribution in [3.05, 3.63) is 35.9 Å². The van der Waals surface area contributed by atoms with E-state index in [1.807, 2.05) is 6.07 Å². The second kappa shape index (κ2) is 4.96. The number of carbonyl (C=O) groups is 1. The van der Waals surface area contributed by atoms with E-state index in [1.54, 1.807) is 0 Å². The standard InChI is InChI=1S/C13H17NO/c15-13-10-12(7-4-8-14-13)9-11-5-2-1-3-6-11/h1-3,5-6,12H,4,7-10H2,(H,14,15). The van der Waals surface area contributed by atoms with E-state index in [2.05, 4.69) is 29.6 Å². The first kappa shape index (κ1) is 10.2. The van der Waals surface area contributed by atoms with Gasteiger partial charge in [0.15, 0.2) is 0 Å². The summed E-state index contributed by atoms with van der Waals surface area (Å²) in [5.74, 6) is 0.739. The Kier molecular flexibility index (Phi) is 3.38. The summed E-state index contributed by atoms with van der Waals surface area (Å²) in [6, 6.07) is 10.4. The van der Waals surface area contributed by atoms with Crippen LogP contribution in [0.15, 0.2) is 30.3 Å². The van der Waals surface area contributed by atoms with Crippen molar-refractivity contribution in [1.29, 1.82) is 0 Å².